The second-order valence-corrected chi connectivity index (χ2v) is 18.5. The van der Waals surface area contributed by atoms with Crippen molar-refractivity contribution in [2.24, 2.45) is 0 Å². The number of para-hydroxylation sites is 1. The molecule has 3 heterocycles. The zero-order chi connectivity index (χ0) is 35.2. The van der Waals surface area contributed by atoms with E-state index in [1.165, 1.54) is 68.9 Å². The lowest BCUT2D eigenvalue weighted by Crippen LogP contribution is -2.13. The fraction of sp³-hybridized carbons (Fsp3) is 0.174. The molecule has 0 fully saturated rings. The highest BCUT2D eigenvalue weighted by Crippen LogP contribution is 2.48. The van der Waals surface area contributed by atoms with Gasteiger partial charge in [0.1, 0.15) is 0 Å². The SMILES string of the molecule is CC(C)(C)c1ccc(N(c2cccc(-n3c4ccccc4c4c5c(cc(Br)c43)sc3ccccc35)c2)c2csc3ccc(C(C)(C)C)cc23)cc1. The zero-order valence-corrected chi connectivity index (χ0v) is 32.9. The van der Waals surface area contributed by atoms with Gasteiger partial charge in [0.25, 0.3) is 0 Å². The number of nitrogens with zero attached hydrogens (tertiary/aromatic N) is 2. The summed E-state index contributed by atoms with van der Waals surface area (Å²) in [4.78, 5) is 2.45. The van der Waals surface area contributed by atoms with Crippen LogP contribution in [0.15, 0.2) is 131 Å². The first-order valence-electron chi connectivity index (χ1n) is 17.5. The maximum Gasteiger partial charge on any atom is 0.0690 e. The van der Waals surface area contributed by atoms with Gasteiger partial charge in [0.05, 0.1) is 16.7 Å². The van der Waals surface area contributed by atoms with Crippen molar-refractivity contribution in [2.45, 2.75) is 52.4 Å². The Morgan fingerprint density at radius 2 is 1.27 bits per heavy atom. The molecule has 0 bridgehead atoms. The van der Waals surface area contributed by atoms with Gasteiger partial charge in [-0.2, -0.15) is 0 Å². The number of hydrogen-bond donors (Lipinski definition) is 0. The summed E-state index contributed by atoms with van der Waals surface area (Å²) in [5, 5.41) is 8.82. The maximum absolute atomic E-state index is 4.07. The Morgan fingerprint density at radius 1 is 0.569 bits per heavy atom. The first-order valence-corrected chi connectivity index (χ1v) is 20.0. The van der Waals surface area contributed by atoms with E-state index in [4.69, 9.17) is 0 Å². The number of anilines is 3. The van der Waals surface area contributed by atoms with Gasteiger partial charge in [0.2, 0.25) is 0 Å². The van der Waals surface area contributed by atoms with Crippen molar-refractivity contribution in [2.75, 3.05) is 4.90 Å². The number of benzene rings is 6. The molecule has 9 aromatic rings. The molecule has 0 saturated heterocycles. The van der Waals surface area contributed by atoms with E-state index in [1.54, 1.807) is 0 Å². The van der Waals surface area contributed by atoms with Crippen LogP contribution >= 0.6 is 38.6 Å². The summed E-state index contributed by atoms with van der Waals surface area (Å²) in [5.74, 6) is 0. The number of aromatic nitrogens is 1. The number of fused-ring (bicyclic) bond motifs is 8. The van der Waals surface area contributed by atoms with E-state index < -0.39 is 0 Å². The lowest BCUT2D eigenvalue weighted by molar-refractivity contribution is 0.590. The largest absolute Gasteiger partial charge is 0.309 e. The van der Waals surface area contributed by atoms with Gasteiger partial charge in [0.15, 0.2) is 0 Å². The van der Waals surface area contributed by atoms with Gasteiger partial charge in [-0.3, -0.25) is 0 Å². The van der Waals surface area contributed by atoms with Crippen molar-refractivity contribution in [3.63, 3.8) is 0 Å². The minimum atomic E-state index is 0.0512. The lowest BCUT2D eigenvalue weighted by atomic mass is 9.86. The van der Waals surface area contributed by atoms with Crippen molar-refractivity contribution in [1.82, 2.24) is 4.57 Å². The Labute approximate surface area is 315 Å². The first kappa shape index (κ1) is 32.5. The van der Waals surface area contributed by atoms with Gasteiger partial charge in [0, 0.05) is 67.9 Å². The molecule has 252 valence electrons. The summed E-state index contributed by atoms with van der Waals surface area (Å²) in [6.45, 7) is 13.7. The third-order valence-electron chi connectivity index (χ3n) is 10.2. The van der Waals surface area contributed by atoms with Crippen LogP contribution in [0, 0.1) is 0 Å². The van der Waals surface area contributed by atoms with Crippen molar-refractivity contribution in [1.29, 1.82) is 0 Å². The molecule has 0 aliphatic carbocycles. The highest BCUT2D eigenvalue weighted by Gasteiger charge is 2.24. The molecule has 0 amide bonds. The molecule has 51 heavy (non-hydrogen) atoms. The van der Waals surface area contributed by atoms with E-state index in [0.29, 0.717) is 0 Å². The molecule has 5 heteroatoms. The average Bonchev–Trinajstić information content (AvgIpc) is 3.80. The van der Waals surface area contributed by atoms with E-state index in [1.807, 2.05) is 22.7 Å². The predicted octanol–water partition coefficient (Wildman–Crippen LogP) is 15.2. The van der Waals surface area contributed by atoms with Crippen LogP contribution in [0.2, 0.25) is 0 Å². The topological polar surface area (TPSA) is 8.17 Å². The molecule has 0 saturated carbocycles. The summed E-state index contributed by atoms with van der Waals surface area (Å²) in [6, 6.07) is 45.2. The Bertz CT molecular complexity index is 2780. The standard InChI is InChI=1S/C46H39BrN2S2/c1-45(2,3)28-18-21-30(22-19-28)48(38-27-50-39-23-20-29(24-35(38)39)46(4,5)6)31-12-11-13-32(25-31)49-37-16-9-7-14-33(37)43-42-34-15-8-10-17-40(34)51-41(42)26-36(47)44(43)49/h7-27H,1-6H3. The van der Waals surface area contributed by atoms with Crippen LogP contribution in [0.5, 0.6) is 0 Å². The van der Waals surface area contributed by atoms with Crippen molar-refractivity contribution >= 4 is 108 Å². The Hall–Kier alpha value is -4.42. The zero-order valence-electron chi connectivity index (χ0n) is 29.7. The van der Waals surface area contributed by atoms with Crippen LogP contribution < -0.4 is 4.90 Å². The summed E-state index contributed by atoms with van der Waals surface area (Å²) >= 11 is 7.75. The normalized spacial score (nSPS) is 12.6. The quantitative estimate of drug-likeness (QED) is 0.173. The summed E-state index contributed by atoms with van der Waals surface area (Å²) in [5.41, 5.74) is 9.80. The Morgan fingerprint density at radius 3 is 2.04 bits per heavy atom. The third-order valence-corrected chi connectivity index (χ3v) is 12.9. The van der Waals surface area contributed by atoms with Gasteiger partial charge in [-0.25, -0.2) is 0 Å². The molecule has 0 unspecified atom stereocenters. The average molecular weight is 764 g/mol. The van der Waals surface area contributed by atoms with Crippen LogP contribution in [0.3, 0.4) is 0 Å². The molecule has 9 rings (SSSR count). The first-order chi connectivity index (χ1) is 24.5. The maximum atomic E-state index is 4.07. The van der Waals surface area contributed by atoms with E-state index in [9.17, 15) is 0 Å². The minimum absolute atomic E-state index is 0.0512. The van der Waals surface area contributed by atoms with Crippen molar-refractivity contribution in [3.8, 4) is 5.69 Å². The highest BCUT2D eigenvalue weighted by atomic mass is 79.9. The molecule has 0 aliphatic heterocycles. The monoisotopic (exact) mass is 762 g/mol. The summed E-state index contributed by atoms with van der Waals surface area (Å²) in [7, 11) is 0. The molecule has 6 aromatic carbocycles. The van der Waals surface area contributed by atoms with Crippen LogP contribution in [0.25, 0.3) is 57.8 Å². The predicted molar refractivity (Wildman–Crippen MR) is 229 cm³/mol. The molecule has 3 aromatic heterocycles. The molecule has 2 nitrogen and oxygen atoms in total. The van der Waals surface area contributed by atoms with Crippen molar-refractivity contribution in [3.05, 3.63) is 142 Å². The second-order valence-electron chi connectivity index (χ2n) is 15.6. The Balaban J connectivity index is 1.31. The Kier molecular flexibility index (Phi) is 7.52. The third kappa shape index (κ3) is 5.32. The van der Waals surface area contributed by atoms with Gasteiger partial charge in [-0.05, 0) is 98.6 Å². The molecular formula is C46H39BrN2S2. The van der Waals surface area contributed by atoms with Crippen LogP contribution in [-0.4, -0.2) is 4.57 Å². The molecule has 0 aliphatic rings. The molecule has 0 spiro atoms. The minimum Gasteiger partial charge on any atom is -0.309 e. The van der Waals surface area contributed by atoms with E-state index in [2.05, 4.69) is 194 Å². The van der Waals surface area contributed by atoms with Crippen molar-refractivity contribution < 1.29 is 0 Å². The van der Waals surface area contributed by atoms with Crippen LogP contribution in [0.4, 0.5) is 17.1 Å². The van der Waals surface area contributed by atoms with Gasteiger partial charge >= 0.3 is 0 Å². The van der Waals surface area contributed by atoms with E-state index in [0.717, 1.165) is 21.5 Å². The smallest absolute Gasteiger partial charge is 0.0690 e. The summed E-state index contributed by atoms with van der Waals surface area (Å²) in [6.07, 6.45) is 0. The fourth-order valence-electron chi connectivity index (χ4n) is 7.56. The molecule has 0 radical (unpaired) electrons. The fourth-order valence-corrected chi connectivity index (χ4v) is 10.4. The molecule has 0 atom stereocenters. The highest BCUT2D eigenvalue weighted by molar-refractivity contribution is 9.10. The van der Waals surface area contributed by atoms with E-state index in [-0.39, 0.29) is 10.8 Å². The lowest BCUT2D eigenvalue weighted by Gasteiger charge is -2.27. The summed E-state index contributed by atoms with van der Waals surface area (Å²) < 4.78 is 7.47. The van der Waals surface area contributed by atoms with Gasteiger partial charge < -0.3 is 9.47 Å². The van der Waals surface area contributed by atoms with Crippen LogP contribution in [-0.2, 0) is 10.8 Å². The number of thiophene rings is 2. The van der Waals surface area contributed by atoms with Gasteiger partial charge in [-0.1, -0.05) is 102 Å². The van der Waals surface area contributed by atoms with E-state index >= 15 is 0 Å². The molecular weight excluding hydrogens is 725 g/mol. The number of halogens is 1. The number of rotatable bonds is 4. The number of hydrogen-bond acceptors (Lipinski definition) is 3. The van der Waals surface area contributed by atoms with Gasteiger partial charge in [-0.15, -0.1) is 22.7 Å². The second kappa shape index (κ2) is 11.8. The van der Waals surface area contributed by atoms with Crippen LogP contribution in [0.1, 0.15) is 52.7 Å². The molecule has 0 N–H and O–H groups in total.